The van der Waals surface area contributed by atoms with Gasteiger partial charge in [-0.15, -0.1) is 0 Å². The molecule has 0 aliphatic heterocycles. The number of amides is 1. The van der Waals surface area contributed by atoms with Crippen LogP contribution in [0.5, 0.6) is 5.75 Å². The number of nitrogens with zero attached hydrogens (tertiary/aromatic N) is 4. The Balaban J connectivity index is 1.99. The summed E-state index contributed by atoms with van der Waals surface area (Å²) in [5.41, 5.74) is 0.398. The maximum Gasteiger partial charge on any atom is 0.343 e. The first-order valence-corrected chi connectivity index (χ1v) is 8.72. The highest BCUT2D eigenvalue weighted by molar-refractivity contribution is 6.07. The SMILES string of the molecule is CCOC(=O)c1cnn(C)c1NC(=O)c1nn(-c2cccc(C)c2)c(=O)cc1O. The summed E-state index contributed by atoms with van der Waals surface area (Å²) in [7, 11) is 1.53. The quantitative estimate of drug-likeness (QED) is 0.623. The average Bonchev–Trinajstić information content (AvgIpc) is 3.02. The molecule has 0 fully saturated rings. The number of nitrogens with one attached hydrogen (secondary N) is 1. The van der Waals surface area contributed by atoms with Gasteiger partial charge in [0.1, 0.15) is 11.4 Å². The number of esters is 1. The number of aryl methyl sites for hydroxylation is 2. The van der Waals surface area contributed by atoms with Crippen molar-refractivity contribution in [3.05, 3.63) is 63.7 Å². The van der Waals surface area contributed by atoms with Gasteiger partial charge in [0.05, 0.1) is 18.5 Å². The Kier molecular flexibility index (Phi) is 5.44. The smallest absolute Gasteiger partial charge is 0.343 e. The van der Waals surface area contributed by atoms with Gasteiger partial charge in [-0.05, 0) is 31.5 Å². The summed E-state index contributed by atoms with van der Waals surface area (Å²) in [4.78, 5) is 37.0. The number of anilines is 1. The lowest BCUT2D eigenvalue weighted by Gasteiger charge is -2.11. The fourth-order valence-electron chi connectivity index (χ4n) is 2.66. The molecule has 10 heteroatoms. The van der Waals surface area contributed by atoms with E-state index in [1.807, 2.05) is 13.0 Å². The maximum atomic E-state index is 12.7. The molecule has 150 valence electrons. The monoisotopic (exact) mass is 397 g/mol. The number of rotatable bonds is 5. The fourth-order valence-corrected chi connectivity index (χ4v) is 2.66. The minimum Gasteiger partial charge on any atom is -0.505 e. The summed E-state index contributed by atoms with van der Waals surface area (Å²) in [6, 6.07) is 7.86. The number of hydrogen-bond donors (Lipinski definition) is 2. The van der Waals surface area contributed by atoms with Crippen molar-refractivity contribution in [2.24, 2.45) is 7.05 Å². The number of ether oxygens (including phenoxy) is 1. The van der Waals surface area contributed by atoms with Gasteiger partial charge in [-0.25, -0.2) is 4.79 Å². The van der Waals surface area contributed by atoms with Gasteiger partial charge in [-0.1, -0.05) is 12.1 Å². The molecule has 0 aliphatic carbocycles. The van der Waals surface area contributed by atoms with Crippen LogP contribution in [0.1, 0.15) is 33.3 Å². The molecular weight excluding hydrogens is 378 g/mol. The van der Waals surface area contributed by atoms with Crippen LogP contribution in [0.4, 0.5) is 5.82 Å². The molecule has 1 amide bonds. The first kappa shape index (κ1) is 19.8. The molecule has 29 heavy (non-hydrogen) atoms. The maximum absolute atomic E-state index is 12.7. The Morgan fingerprint density at radius 3 is 2.72 bits per heavy atom. The van der Waals surface area contributed by atoms with Gasteiger partial charge in [0.25, 0.3) is 11.5 Å². The largest absolute Gasteiger partial charge is 0.505 e. The Morgan fingerprint density at radius 1 is 1.28 bits per heavy atom. The number of benzene rings is 1. The number of aromatic hydroxyl groups is 1. The summed E-state index contributed by atoms with van der Waals surface area (Å²) in [5.74, 6) is -1.99. The van der Waals surface area contributed by atoms with Gasteiger partial charge in [0, 0.05) is 13.1 Å². The average molecular weight is 397 g/mol. The summed E-state index contributed by atoms with van der Waals surface area (Å²) < 4.78 is 7.23. The third kappa shape index (κ3) is 4.00. The second kappa shape index (κ2) is 7.97. The summed E-state index contributed by atoms with van der Waals surface area (Å²) in [6.45, 7) is 3.66. The van der Waals surface area contributed by atoms with Crippen LogP contribution in [0.15, 0.2) is 41.3 Å². The van der Waals surface area contributed by atoms with Gasteiger partial charge >= 0.3 is 5.97 Å². The van der Waals surface area contributed by atoms with Crippen molar-refractivity contribution in [2.75, 3.05) is 11.9 Å². The van der Waals surface area contributed by atoms with Crippen LogP contribution in [-0.2, 0) is 11.8 Å². The lowest BCUT2D eigenvalue weighted by atomic mass is 10.2. The number of carbonyl (C=O) groups is 2. The van der Waals surface area contributed by atoms with E-state index in [1.165, 1.54) is 17.9 Å². The minimum atomic E-state index is -0.821. The van der Waals surface area contributed by atoms with Crippen molar-refractivity contribution in [1.82, 2.24) is 19.6 Å². The normalized spacial score (nSPS) is 10.6. The predicted molar refractivity (Wildman–Crippen MR) is 103 cm³/mol. The Hall–Kier alpha value is -3.95. The van der Waals surface area contributed by atoms with Gasteiger partial charge in [0.2, 0.25) is 0 Å². The van der Waals surface area contributed by atoms with Crippen molar-refractivity contribution in [3.63, 3.8) is 0 Å². The molecule has 0 bridgehead atoms. The Bertz CT molecular complexity index is 1150. The van der Waals surface area contributed by atoms with Crippen LogP contribution in [0.3, 0.4) is 0 Å². The third-order valence-corrected chi connectivity index (χ3v) is 4.04. The zero-order valence-corrected chi connectivity index (χ0v) is 16.0. The second-order valence-electron chi connectivity index (χ2n) is 6.17. The van der Waals surface area contributed by atoms with Gasteiger partial charge in [-0.3, -0.25) is 14.3 Å². The molecule has 0 radical (unpaired) electrons. The van der Waals surface area contributed by atoms with E-state index in [1.54, 1.807) is 25.1 Å². The molecule has 3 aromatic rings. The van der Waals surface area contributed by atoms with Gasteiger partial charge in [-0.2, -0.15) is 14.9 Å². The van der Waals surface area contributed by atoms with E-state index < -0.39 is 23.2 Å². The molecule has 3 rings (SSSR count). The molecule has 0 aliphatic rings. The van der Waals surface area contributed by atoms with E-state index >= 15 is 0 Å². The standard InChI is InChI=1S/C19H19N5O5/c1-4-29-19(28)13-10-20-23(3)17(13)21-18(27)16-14(25)9-15(26)24(22-16)12-7-5-6-11(2)8-12/h5-10,25H,4H2,1-3H3,(H,21,27). The predicted octanol–water partition coefficient (Wildman–Crippen LogP) is 1.41. The highest BCUT2D eigenvalue weighted by Gasteiger charge is 2.23. The van der Waals surface area contributed by atoms with Crippen LogP contribution in [0.25, 0.3) is 5.69 Å². The van der Waals surface area contributed by atoms with Gasteiger partial charge < -0.3 is 15.2 Å². The van der Waals surface area contributed by atoms with E-state index in [0.29, 0.717) is 5.69 Å². The summed E-state index contributed by atoms with van der Waals surface area (Å²) in [6.07, 6.45) is 1.26. The van der Waals surface area contributed by atoms with Crippen molar-refractivity contribution in [3.8, 4) is 11.4 Å². The van der Waals surface area contributed by atoms with E-state index in [2.05, 4.69) is 15.5 Å². The topological polar surface area (TPSA) is 128 Å². The molecule has 10 nitrogen and oxygen atoms in total. The van der Waals surface area contributed by atoms with Crippen LogP contribution in [-0.4, -0.2) is 43.2 Å². The molecule has 0 spiro atoms. The molecule has 0 atom stereocenters. The number of carbonyl (C=O) groups excluding carboxylic acids is 2. The first-order chi connectivity index (χ1) is 13.8. The zero-order chi connectivity index (χ0) is 21.1. The third-order valence-electron chi connectivity index (χ3n) is 4.04. The lowest BCUT2D eigenvalue weighted by molar-refractivity contribution is 0.0527. The van der Waals surface area contributed by atoms with Crippen LogP contribution < -0.4 is 10.9 Å². The molecule has 2 N–H and O–H groups in total. The van der Waals surface area contributed by atoms with Crippen LogP contribution >= 0.6 is 0 Å². The zero-order valence-electron chi connectivity index (χ0n) is 16.0. The molecule has 0 saturated carbocycles. The highest BCUT2D eigenvalue weighted by Crippen LogP contribution is 2.19. The lowest BCUT2D eigenvalue weighted by Crippen LogP contribution is -2.26. The molecule has 2 aromatic heterocycles. The van der Waals surface area contributed by atoms with Crippen molar-refractivity contribution in [2.45, 2.75) is 13.8 Å². The summed E-state index contributed by atoms with van der Waals surface area (Å²) >= 11 is 0. The van der Waals surface area contributed by atoms with E-state index in [-0.39, 0.29) is 23.7 Å². The Morgan fingerprint density at radius 2 is 2.03 bits per heavy atom. The van der Waals surface area contributed by atoms with E-state index in [0.717, 1.165) is 16.3 Å². The second-order valence-corrected chi connectivity index (χ2v) is 6.17. The first-order valence-electron chi connectivity index (χ1n) is 8.72. The van der Waals surface area contributed by atoms with Crippen LogP contribution in [0, 0.1) is 6.92 Å². The van der Waals surface area contributed by atoms with Crippen molar-refractivity contribution < 1.29 is 19.4 Å². The molecule has 2 heterocycles. The van der Waals surface area contributed by atoms with E-state index in [9.17, 15) is 19.5 Å². The fraction of sp³-hybridized carbons (Fsp3) is 0.211. The van der Waals surface area contributed by atoms with Crippen LogP contribution in [0.2, 0.25) is 0 Å². The van der Waals surface area contributed by atoms with Crippen molar-refractivity contribution >= 4 is 17.7 Å². The Labute approximate surface area is 165 Å². The van der Waals surface area contributed by atoms with Gasteiger partial charge in [0.15, 0.2) is 11.4 Å². The molecule has 0 unspecified atom stereocenters. The minimum absolute atomic E-state index is 0.0502. The molecular formula is C19H19N5O5. The number of aromatic nitrogens is 4. The number of hydrogen-bond acceptors (Lipinski definition) is 7. The summed E-state index contributed by atoms with van der Waals surface area (Å²) in [5, 5.41) is 20.5. The highest BCUT2D eigenvalue weighted by atomic mass is 16.5. The van der Waals surface area contributed by atoms with E-state index in [4.69, 9.17) is 4.74 Å². The molecule has 1 aromatic carbocycles. The van der Waals surface area contributed by atoms with Crippen molar-refractivity contribution in [1.29, 1.82) is 0 Å². The molecule has 0 saturated heterocycles.